The zero-order valence-corrected chi connectivity index (χ0v) is 13.8. The summed E-state index contributed by atoms with van der Waals surface area (Å²) in [6.07, 6.45) is 5.85. The number of pyridine rings is 1. The number of hydrogen-bond donors (Lipinski definition) is 1. The molecular formula is C17H24N4O2. The predicted octanol–water partition coefficient (Wildman–Crippen LogP) is 2.40. The predicted molar refractivity (Wildman–Crippen MR) is 88.1 cm³/mol. The van der Waals surface area contributed by atoms with Gasteiger partial charge in [-0.15, -0.1) is 0 Å². The number of aromatic nitrogens is 1. The maximum Gasteiger partial charge on any atom is 0.323 e. The van der Waals surface area contributed by atoms with E-state index in [9.17, 15) is 9.59 Å². The van der Waals surface area contributed by atoms with Gasteiger partial charge in [0.2, 0.25) is 5.91 Å². The number of carbonyl (C=O) groups is 2. The van der Waals surface area contributed by atoms with Crippen LogP contribution in [-0.2, 0) is 4.79 Å². The lowest BCUT2D eigenvalue weighted by Gasteiger charge is -2.30. The minimum Gasteiger partial charge on any atom is -0.338 e. The molecule has 1 atom stereocenters. The van der Waals surface area contributed by atoms with Crippen LogP contribution in [0.1, 0.15) is 38.2 Å². The molecule has 6 nitrogen and oxygen atoms in total. The summed E-state index contributed by atoms with van der Waals surface area (Å²) in [6.45, 7) is 4.96. The number of amides is 3. The van der Waals surface area contributed by atoms with Gasteiger partial charge in [-0.1, -0.05) is 6.07 Å². The van der Waals surface area contributed by atoms with Crippen LogP contribution in [0.2, 0.25) is 0 Å². The Balaban J connectivity index is 1.62. The van der Waals surface area contributed by atoms with E-state index in [0.717, 1.165) is 37.8 Å². The van der Waals surface area contributed by atoms with Crippen LogP contribution < -0.4 is 5.32 Å². The van der Waals surface area contributed by atoms with Gasteiger partial charge in [0.25, 0.3) is 0 Å². The Morgan fingerprint density at radius 3 is 2.74 bits per heavy atom. The molecule has 1 saturated heterocycles. The summed E-state index contributed by atoms with van der Waals surface area (Å²) in [7, 11) is 0. The van der Waals surface area contributed by atoms with E-state index in [0.29, 0.717) is 18.4 Å². The monoisotopic (exact) mass is 316 g/mol. The molecule has 1 aliphatic carbocycles. The van der Waals surface area contributed by atoms with Crippen molar-refractivity contribution >= 4 is 17.8 Å². The second kappa shape index (κ2) is 6.56. The first-order valence-electron chi connectivity index (χ1n) is 8.32. The lowest BCUT2D eigenvalue weighted by atomic mass is 10.2. The zero-order valence-electron chi connectivity index (χ0n) is 13.8. The minimum atomic E-state index is -0.122. The number of nitrogens with zero attached hydrogens (tertiary/aromatic N) is 3. The molecule has 1 aromatic heterocycles. The molecule has 0 aromatic carbocycles. The number of rotatable bonds is 4. The Hall–Kier alpha value is -2.11. The Morgan fingerprint density at radius 1 is 1.35 bits per heavy atom. The fourth-order valence-corrected chi connectivity index (χ4v) is 3.16. The average molecular weight is 316 g/mol. The molecule has 1 saturated carbocycles. The van der Waals surface area contributed by atoms with Gasteiger partial charge < -0.3 is 9.80 Å². The summed E-state index contributed by atoms with van der Waals surface area (Å²) in [5.74, 6) is 0.678. The second-order valence-electron chi connectivity index (χ2n) is 6.54. The van der Waals surface area contributed by atoms with Gasteiger partial charge in [-0.25, -0.2) is 9.78 Å². The number of anilines is 1. The van der Waals surface area contributed by atoms with E-state index in [4.69, 9.17) is 0 Å². The van der Waals surface area contributed by atoms with Gasteiger partial charge in [-0.05, 0) is 44.2 Å². The summed E-state index contributed by atoms with van der Waals surface area (Å²) < 4.78 is 0. The first kappa shape index (κ1) is 15.8. The Labute approximate surface area is 136 Å². The fraction of sp³-hybridized carbons (Fsp3) is 0.588. The molecule has 2 fully saturated rings. The largest absolute Gasteiger partial charge is 0.338 e. The normalized spacial score (nSPS) is 20.4. The average Bonchev–Trinajstić information content (AvgIpc) is 3.24. The third-order valence-electron chi connectivity index (χ3n) is 4.58. The molecule has 1 aliphatic heterocycles. The molecule has 0 unspecified atom stereocenters. The topological polar surface area (TPSA) is 65.5 Å². The Bertz CT molecular complexity index is 583. The minimum absolute atomic E-state index is 0.102. The van der Waals surface area contributed by atoms with Crippen molar-refractivity contribution < 1.29 is 9.59 Å². The highest BCUT2D eigenvalue weighted by molar-refractivity contribution is 5.88. The summed E-state index contributed by atoms with van der Waals surface area (Å²) in [5, 5.41) is 2.86. The SMILES string of the molecule is CC(=O)N(C[C@H]1CCCN1C(=O)Nc1ccc(C)cn1)C1CC1. The van der Waals surface area contributed by atoms with E-state index in [-0.39, 0.29) is 18.0 Å². The molecule has 2 heterocycles. The van der Waals surface area contributed by atoms with Crippen molar-refractivity contribution in [1.29, 1.82) is 0 Å². The molecule has 1 N–H and O–H groups in total. The molecule has 0 spiro atoms. The number of nitrogens with one attached hydrogen (secondary N) is 1. The molecule has 3 rings (SSSR count). The van der Waals surface area contributed by atoms with Crippen LogP contribution in [0.4, 0.5) is 10.6 Å². The van der Waals surface area contributed by atoms with Crippen LogP contribution in [0.5, 0.6) is 0 Å². The van der Waals surface area contributed by atoms with Gasteiger partial charge in [-0.2, -0.15) is 0 Å². The van der Waals surface area contributed by atoms with Crippen LogP contribution in [0.25, 0.3) is 0 Å². The number of aryl methyl sites for hydroxylation is 1. The van der Waals surface area contributed by atoms with Gasteiger partial charge in [0.15, 0.2) is 0 Å². The smallest absolute Gasteiger partial charge is 0.323 e. The molecule has 124 valence electrons. The number of urea groups is 1. The van der Waals surface area contributed by atoms with Crippen molar-refractivity contribution in [3.05, 3.63) is 23.9 Å². The lowest BCUT2D eigenvalue weighted by Crippen LogP contribution is -2.46. The molecule has 2 aliphatic rings. The first-order valence-corrected chi connectivity index (χ1v) is 8.32. The third kappa shape index (κ3) is 3.81. The summed E-state index contributed by atoms with van der Waals surface area (Å²) in [4.78, 5) is 32.3. The van der Waals surface area contributed by atoms with E-state index >= 15 is 0 Å². The maximum absolute atomic E-state index is 12.5. The Kier molecular flexibility index (Phi) is 4.50. The van der Waals surface area contributed by atoms with Crippen LogP contribution in [0, 0.1) is 6.92 Å². The standard InChI is InChI=1S/C17H24N4O2/c1-12-5-8-16(18-10-12)19-17(23)20-9-3-4-15(20)11-21(13(2)22)14-6-7-14/h5,8,10,14-15H,3-4,6-7,9,11H2,1-2H3,(H,18,19,23)/t15-/m1/s1. The van der Waals surface area contributed by atoms with E-state index in [1.165, 1.54) is 0 Å². The highest BCUT2D eigenvalue weighted by atomic mass is 16.2. The van der Waals surface area contributed by atoms with Gasteiger partial charge in [0.1, 0.15) is 5.82 Å². The summed E-state index contributed by atoms with van der Waals surface area (Å²) >= 11 is 0. The van der Waals surface area contributed by atoms with Crippen molar-refractivity contribution in [2.75, 3.05) is 18.4 Å². The number of likely N-dealkylation sites (tertiary alicyclic amines) is 1. The zero-order chi connectivity index (χ0) is 16.4. The molecule has 1 aromatic rings. The van der Waals surface area contributed by atoms with E-state index < -0.39 is 0 Å². The highest BCUT2D eigenvalue weighted by Crippen LogP contribution is 2.29. The molecule has 0 radical (unpaired) electrons. The summed E-state index contributed by atoms with van der Waals surface area (Å²) in [5.41, 5.74) is 1.06. The van der Waals surface area contributed by atoms with Gasteiger partial charge in [0, 0.05) is 32.3 Å². The van der Waals surface area contributed by atoms with Gasteiger partial charge in [0.05, 0.1) is 6.04 Å². The van der Waals surface area contributed by atoms with E-state index in [2.05, 4.69) is 10.3 Å². The van der Waals surface area contributed by atoms with Crippen molar-refractivity contribution in [2.45, 2.75) is 51.6 Å². The first-order chi connectivity index (χ1) is 11.0. The number of carbonyl (C=O) groups excluding carboxylic acids is 2. The van der Waals surface area contributed by atoms with E-state index in [1.807, 2.05) is 28.9 Å². The van der Waals surface area contributed by atoms with E-state index in [1.54, 1.807) is 13.1 Å². The second-order valence-corrected chi connectivity index (χ2v) is 6.54. The van der Waals surface area contributed by atoms with Crippen LogP contribution >= 0.6 is 0 Å². The van der Waals surface area contributed by atoms with Gasteiger partial charge in [-0.3, -0.25) is 10.1 Å². The maximum atomic E-state index is 12.5. The molecule has 3 amide bonds. The molecule has 6 heteroatoms. The van der Waals surface area contributed by atoms with Crippen LogP contribution in [-0.4, -0.2) is 51.9 Å². The molecule has 23 heavy (non-hydrogen) atoms. The molecule has 0 bridgehead atoms. The fourth-order valence-electron chi connectivity index (χ4n) is 3.16. The van der Waals surface area contributed by atoms with Crippen molar-refractivity contribution in [3.63, 3.8) is 0 Å². The summed E-state index contributed by atoms with van der Waals surface area (Å²) in [6, 6.07) is 4.10. The lowest BCUT2D eigenvalue weighted by molar-refractivity contribution is -0.130. The van der Waals surface area contributed by atoms with Crippen molar-refractivity contribution in [3.8, 4) is 0 Å². The van der Waals surface area contributed by atoms with Gasteiger partial charge >= 0.3 is 6.03 Å². The van der Waals surface area contributed by atoms with Crippen molar-refractivity contribution in [2.24, 2.45) is 0 Å². The number of hydrogen-bond acceptors (Lipinski definition) is 3. The van der Waals surface area contributed by atoms with Crippen molar-refractivity contribution in [1.82, 2.24) is 14.8 Å². The van der Waals surface area contributed by atoms with Crippen LogP contribution in [0.3, 0.4) is 0 Å². The third-order valence-corrected chi connectivity index (χ3v) is 4.58. The Morgan fingerprint density at radius 2 is 2.13 bits per heavy atom. The molecular weight excluding hydrogens is 292 g/mol. The van der Waals surface area contributed by atoms with Crippen LogP contribution in [0.15, 0.2) is 18.3 Å². The quantitative estimate of drug-likeness (QED) is 0.927. The highest BCUT2D eigenvalue weighted by Gasteiger charge is 2.36.